The molecule has 1 aliphatic rings. The standard InChI is InChI=1S/C23H20ClN3O/c1-3-28-19-12-13-21-20(14-19)22(16-6-4-15(2)5-7-16)26-27-23(25-21)17-8-10-18(24)11-9-17/h4-14H,3H2,1-2H3,(H,25,27). The molecule has 0 spiro atoms. The molecule has 0 aromatic heterocycles. The van der Waals surface area contributed by atoms with Gasteiger partial charge in [-0.05, 0) is 56.3 Å². The monoisotopic (exact) mass is 389 g/mol. The van der Waals surface area contributed by atoms with Crippen LogP contribution in [-0.4, -0.2) is 18.2 Å². The van der Waals surface area contributed by atoms with E-state index in [9.17, 15) is 0 Å². The maximum Gasteiger partial charge on any atom is 0.154 e. The van der Waals surface area contributed by atoms with Crippen LogP contribution in [0, 0.1) is 6.92 Å². The summed E-state index contributed by atoms with van der Waals surface area (Å²) in [7, 11) is 0. The van der Waals surface area contributed by atoms with Crippen LogP contribution in [0.5, 0.6) is 5.75 Å². The molecule has 4 rings (SSSR count). The van der Waals surface area contributed by atoms with Crippen LogP contribution in [0.25, 0.3) is 0 Å². The third-order valence-electron chi connectivity index (χ3n) is 4.48. The number of hydrogen-bond acceptors (Lipinski definition) is 4. The lowest BCUT2D eigenvalue weighted by molar-refractivity contribution is 0.340. The topological polar surface area (TPSA) is 46.0 Å². The smallest absolute Gasteiger partial charge is 0.154 e. The van der Waals surface area contributed by atoms with Gasteiger partial charge in [-0.1, -0.05) is 41.4 Å². The molecule has 0 aliphatic carbocycles. The second-order valence-corrected chi connectivity index (χ2v) is 6.95. The fraction of sp³-hybridized carbons (Fsp3) is 0.130. The highest BCUT2D eigenvalue weighted by Crippen LogP contribution is 2.30. The lowest BCUT2D eigenvalue weighted by atomic mass is 9.99. The maximum absolute atomic E-state index is 6.03. The largest absolute Gasteiger partial charge is 0.494 e. The van der Waals surface area contributed by atoms with E-state index in [-0.39, 0.29) is 0 Å². The average Bonchev–Trinajstić information content (AvgIpc) is 2.89. The third kappa shape index (κ3) is 3.78. The van der Waals surface area contributed by atoms with E-state index in [1.54, 1.807) is 0 Å². The van der Waals surface area contributed by atoms with E-state index in [0.29, 0.717) is 17.5 Å². The Morgan fingerprint density at radius 1 is 0.929 bits per heavy atom. The maximum atomic E-state index is 6.03. The number of ether oxygens (including phenoxy) is 1. The molecule has 0 unspecified atom stereocenters. The minimum absolute atomic E-state index is 0.605. The molecule has 0 radical (unpaired) electrons. The number of benzene rings is 3. The van der Waals surface area contributed by atoms with E-state index >= 15 is 0 Å². The molecule has 4 nitrogen and oxygen atoms in total. The van der Waals surface area contributed by atoms with Gasteiger partial charge in [-0.2, -0.15) is 5.10 Å². The number of hydrogen-bond donors (Lipinski definition) is 1. The van der Waals surface area contributed by atoms with Crippen LogP contribution in [0.1, 0.15) is 29.2 Å². The van der Waals surface area contributed by atoms with Crippen molar-refractivity contribution in [3.63, 3.8) is 0 Å². The van der Waals surface area contributed by atoms with Gasteiger partial charge in [-0.15, -0.1) is 0 Å². The van der Waals surface area contributed by atoms with Crippen LogP contribution in [0.15, 0.2) is 76.8 Å². The zero-order valence-electron chi connectivity index (χ0n) is 15.7. The number of rotatable bonds is 4. The van der Waals surface area contributed by atoms with Gasteiger partial charge in [-0.25, -0.2) is 4.99 Å². The molecule has 0 bridgehead atoms. The Labute approximate surface area is 169 Å². The number of nitrogens with one attached hydrogen (secondary N) is 1. The van der Waals surface area contributed by atoms with Crippen molar-refractivity contribution in [2.45, 2.75) is 13.8 Å². The Morgan fingerprint density at radius 3 is 2.36 bits per heavy atom. The summed E-state index contributed by atoms with van der Waals surface area (Å²) in [4.78, 5) is 4.83. The van der Waals surface area contributed by atoms with Crippen LogP contribution in [0.4, 0.5) is 5.69 Å². The van der Waals surface area contributed by atoms with Gasteiger partial charge in [0.2, 0.25) is 0 Å². The summed E-state index contributed by atoms with van der Waals surface area (Å²) in [6.07, 6.45) is 0. The predicted molar refractivity (Wildman–Crippen MR) is 115 cm³/mol. The third-order valence-corrected chi connectivity index (χ3v) is 4.73. The van der Waals surface area contributed by atoms with Crippen molar-refractivity contribution in [1.29, 1.82) is 0 Å². The van der Waals surface area contributed by atoms with Gasteiger partial charge in [0.25, 0.3) is 0 Å². The summed E-state index contributed by atoms with van der Waals surface area (Å²) in [6, 6.07) is 21.7. The highest BCUT2D eigenvalue weighted by atomic mass is 35.5. The molecular formula is C23H20ClN3O. The summed E-state index contributed by atoms with van der Waals surface area (Å²) in [5.41, 5.74) is 8.84. The van der Waals surface area contributed by atoms with E-state index in [1.165, 1.54) is 5.56 Å². The summed E-state index contributed by atoms with van der Waals surface area (Å²) in [5.74, 6) is 1.47. The highest BCUT2D eigenvalue weighted by Gasteiger charge is 2.18. The lowest BCUT2D eigenvalue weighted by Crippen LogP contribution is -2.19. The molecule has 0 fully saturated rings. The first-order valence-corrected chi connectivity index (χ1v) is 9.54. The quantitative estimate of drug-likeness (QED) is 0.642. The Morgan fingerprint density at radius 2 is 1.64 bits per heavy atom. The van der Waals surface area contributed by atoms with Crippen LogP contribution in [-0.2, 0) is 0 Å². The SMILES string of the molecule is CCOc1ccc2c(c1)C(c1ccc(C)cc1)=NNC(c1ccc(Cl)cc1)=N2. The number of hydrazone groups is 1. The zero-order chi connectivity index (χ0) is 19.5. The molecule has 0 saturated carbocycles. The lowest BCUT2D eigenvalue weighted by Gasteiger charge is -2.10. The summed E-state index contributed by atoms with van der Waals surface area (Å²) < 4.78 is 5.70. The number of nitrogens with zero attached hydrogens (tertiary/aromatic N) is 2. The molecule has 0 saturated heterocycles. The number of halogens is 1. The second-order valence-electron chi connectivity index (χ2n) is 6.52. The van der Waals surface area contributed by atoms with Gasteiger partial charge in [0, 0.05) is 21.7 Å². The van der Waals surface area contributed by atoms with Gasteiger partial charge in [0.05, 0.1) is 12.3 Å². The molecule has 3 aromatic rings. The van der Waals surface area contributed by atoms with Crippen LogP contribution in [0.2, 0.25) is 5.02 Å². The van der Waals surface area contributed by atoms with Crippen molar-refractivity contribution < 1.29 is 4.74 Å². The van der Waals surface area contributed by atoms with Gasteiger partial charge < -0.3 is 4.74 Å². The average molecular weight is 390 g/mol. The minimum Gasteiger partial charge on any atom is -0.494 e. The van der Waals surface area contributed by atoms with E-state index < -0.39 is 0 Å². The normalized spacial score (nSPS) is 13.0. The molecule has 5 heteroatoms. The molecule has 1 heterocycles. The van der Waals surface area contributed by atoms with Crippen molar-refractivity contribution in [2.24, 2.45) is 10.1 Å². The van der Waals surface area contributed by atoms with Gasteiger partial charge in [-0.3, -0.25) is 5.43 Å². The molecule has 140 valence electrons. The first kappa shape index (κ1) is 18.3. The van der Waals surface area contributed by atoms with Crippen LogP contribution < -0.4 is 10.2 Å². The van der Waals surface area contributed by atoms with Crippen molar-refractivity contribution in [3.05, 3.63) is 94.0 Å². The van der Waals surface area contributed by atoms with Crippen LogP contribution >= 0.6 is 11.6 Å². The van der Waals surface area contributed by atoms with Crippen molar-refractivity contribution in [3.8, 4) is 5.75 Å². The number of aryl methyl sites for hydroxylation is 1. The summed E-state index contributed by atoms with van der Waals surface area (Å²) >= 11 is 6.03. The first-order chi connectivity index (χ1) is 13.6. The van der Waals surface area contributed by atoms with E-state index in [4.69, 9.17) is 26.4 Å². The van der Waals surface area contributed by atoms with Gasteiger partial charge in [0.1, 0.15) is 11.5 Å². The van der Waals surface area contributed by atoms with Crippen molar-refractivity contribution in [2.75, 3.05) is 6.61 Å². The molecule has 0 atom stereocenters. The van der Waals surface area contributed by atoms with E-state index in [1.807, 2.05) is 49.4 Å². The second kappa shape index (κ2) is 7.87. The molecule has 0 amide bonds. The number of fused-ring (bicyclic) bond motifs is 1. The Hall–Kier alpha value is -3.11. The molecule has 28 heavy (non-hydrogen) atoms. The van der Waals surface area contributed by atoms with Crippen LogP contribution in [0.3, 0.4) is 0 Å². The van der Waals surface area contributed by atoms with E-state index in [2.05, 4.69) is 36.6 Å². The van der Waals surface area contributed by atoms with E-state index in [0.717, 1.165) is 33.8 Å². The minimum atomic E-state index is 0.605. The first-order valence-electron chi connectivity index (χ1n) is 9.16. The Kier molecular flexibility index (Phi) is 5.13. The fourth-order valence-corrected chi connectivity index (χ4v) is 3.17. The predicted octanol–water partition coefficient (Wildman–Crippen LogP) is 5.48. The summed E-state index contributed by atoms with van der Waals surface area (Å²) in [5, 5.41) is 5.38. The van der Waals surface area contributed by atoms with Gasteiger partial charge >= 0.3 is 0 Å². The molecule has 3 aromatic carbocycles. The molecule has 1 aliphatic heterocycles. The Balaban J connectivity index is 1.84. The zero-order valence-corrected chi connectivity index (χ0v) is 16.5. The van der Waals surface area contributed by atoms with Gasteiger partial charge in [0.15, 0.2) is 5.84 Å². The Bertz CT molecular complexity index is 1050. The number of amidine groups is 1. The molecular weight excluding hydrogens is 370 g/mol. The number of aliphatic imine (C=N–C) groups is 1. The fourth-order valence-electron chi connectivity index (χ4n) is 3.04. The van der Waals surface area contributed by atoms with Crippen molar-refractivity contribution in [1.82, 2.24) is 5.43 Å². The summed E-state index contributed by atoms with van der Waals surface area (Å²) in [6.45, 7) is 4.64. The highest BCUT2D eigenvalue weighted by molar-refractivity contribution is 6.30. The van der Waals surface area contributed by atoms with Crippen molar-refractivity contribution >= 4 is 28.8 Å². The molecule has 1 N–H and O–H groups in total.